The molecule has 0 heterocycles. The third kappa shape index (κ3) is 2.87. The average Bonchev–Trinajstić information content (AvgIpc) is 1.67. The van der Waals surface area contributed by atoms with Gasteiger partial charge in [0.05, 0.1) is 0 Å². The normalized spacial score (nSPS) is 12.6. The topological polar surface area (TPSA) is 0 Å². The van der Waals surface area contributed by atoms with E-state index in [1.165, 1.54) is 0 Å². The Labute approximate surface area is 53.9 Å². The van der Waals surface area contributed by atoms with Crippen LogP contribution in [0, 0.1) is 11.5 Å². The second-order valence-electron chi connectivity index (χ2n) is 2.43. The zero-order chi connectivity index (χ0) is 6.57. The van der Waals surface area contributed by atoms with Crippen molar-refractivity contribution in [1.82, 2.24) is 0 Å². The summed E-state index contributed by atoms with van der Waals surface area (Å²) in [6.07, 6.45) is 0. The Morgan fingerprint density at radius 3 is 2.00 bits per heavy atom. The van der Waals surface area contributed by atoms with Crippen molar-refractivity contribution in [2.75, 3.05) is 0 Å². The second kappa shape index (κ2) is 3.74. The predicted octanol–water partition coefficient (Wildman–Crippen LogP) is 1.82. The van der Waals surface area contributed by atoms with Gasteiger partial charge in [0.2, 0.25) is 0 Å². The number of rotatable bonds is 1. The van der Waals surface area contributed by atoms with E-state index in [2.05, 4.69) is 31.9 Å². The molecule has 0 radical (unpaired) electrons. The Hall–Kier alpha value is -0.223. The zero-order valence-corrected chi connectivity index (χ0v) is 7.31. The van der Waals surface area contributed by atoms with E-state index in [9.17, 15) is 0 Å². The van der Waals surface area contributed by atoms with Gasteiger partial charge in [0, 0.05) is 0 Å². The summed E-state index contributed by atoms with van der Waals surface area (Å²) >= 11 is 0. The molecule has 1 atom stereocenters. The Morgan fingerprint density at radius 1 is 1.38 bits per heavy atom. The monoisotopic (exact) mass is 126 g/mol. The highest BCUT2D eigenvalue weighted by Gasteiger charge is 2.02. The highest BCUT2D eigenvalue weighted by molar-refractivity contribution is 6.67. The van der Waals surface area contributed by atoms with Gasteiger partial charge in [-0.15, -0.1) is 11.5 Å². The Kier molecular flexibility index (Phi) is 3.64. The van der Waals surface area contributed by atoms with Gasteiger partial charge in [0.25, 0.3) is 0 Å². The van der Waals surface area contributed by atoms with Crippen LogP contribution in [0.2, 0.25) is 12.1 Å². The largest absolute Gasteiger partial charge is 0.136 e. The Balaban J connectivity index is 3.58. The Morgan fingerprint density at radius 2 is 1.88 bits per heavy atom. The van der Waals surface area contributed by atoms with E-state index in [1.807, 2.05) is 6.92 Å². The molecule has 0 aromatic carbocycles. The van der Waals surface area contributed by atoms with E-state index in [1.54, 1.807) is 0 Å². The fourth-order valence-corrected chi connectivity index (χ4v) is 1.18. The minimum absolute atomic E-state index is 0.637. The van der Waals surface area contributed by atoms with Crippen LogP contribution in [0.4, 0.5) is 0 Å². The van der Waals surface area contributed by atoms with Crippen molar-refractivity contribution in [1.29, 1.82) is 0 Å². The first-order valence-corrected chi connectivity index (χ1v) is 5.50. The molecule has 1 heteroatoms. The summed E-state index contributed by atoms with van der Waals surface area (Å²) in [5.74, 6) is 2.96. The molecule has 0 fully saturated rings. The summed E-state index contributed by atoms with van der Waals surface area (Å²) in [7, 11) is -0.637. The summed E-state index contributed by atoms with van der Waals surface area (Å²) in [5, 5.41) is 0. The lowest BCUT2D eigenvalue weighted by molar-refractivity contribution is 1.05. The van der Waals surface area contributed by atoms with Crippen LogP contribution in [0.1, 0.15) is 20.8 Å². The SMILES string of the molecule is CC#C[SiH](C)C(C)C. The molecule has 0 aliphatic heterocycles. The summed E-state index contributed by atoms with van der Waals surface area (Å²) in [6, 6.07) is 0. The van der Waals surface area contributed by atoms with Gasteiger partial charge in [-0.3, -0.25) is 0 Å². The van der Waals surface area contributed by atoms with Crippen molar-refractivity contribution in [2.24, 2.45) is 0 Å². The smallest absolute Gasteiger partial charge is 0.122 e. The minimum Gasteiger partial charge on any atom is -0.136 e. The standard InChI is InChI=1S/C7H14Si/c1-5-6-8(4)7(2)3/h7-8H,1-4H3. The molecule has 0 amide bonds. The molecular weight excluding hydrogens is 112 g/mol. The van der Waals surface area contributed by atoms with Gasteiger partial charge < -0.3 is 0 Å². The molecule has 0 aromatic rings. The van der Waals surface area contributed by atoms with Crippen molar-refractivity contribution in [3.8, 4) is 11.5 Å². The van der Waals surface area contributed by atoms with Crippen molar-refractivity contribution < 1.29 is 0 Å². The molecule has 0 aliphatic rings. The highest BCUT2D eigenvalue weighted by Crippen LogP contribution is 2.04. The number of hydrogen-bond acceptors (Lipinski definition) is 0. The van der Waals surface area contributed by atoms with Crippen molar-refractivity contribution in [3.05, 3.63) is 0 Å². The molecule has 0 bridgehead atoms. The molecular formula is C7H14Si. The molecule has 1 unspecified atom stereocenters. The minimum atomic E-state index is -0.637. The molecule has 0 N–H and O–H groups in total. The van der Waals surface area contributed by atoms with E-state index < -0.39 is 8.80 Å². The molecule has 8 heavy (non-hydrogen) atoms. The second-order valence-corrected chi connectivity index (χ2v) is 5.63. The van der Waals surface area contributed by atoms with Crippen LogP contribution in [-0.4, -0.2) is 8.80 Å². The molecule has 0 aliphatic carbocycles. The zero-order valence-electron chi connectivity index (χ0n) is 6.15. The lowest BCUT2D eigenvalue weighted by Gasteiger charge is -2.03. The van der Waals surface area contributed by atoms with Crippen LogP contribution in [0.5, 0.6) is 0 Å². The van der Waals surface area contributed by atoms with Crippen LogP contribution >= 0.6 is 0 Å². The molecule has 0 aromatic heterocycles. The van der Waals surface area contributed by atoms with Crippen molar-refractivity contribution in [2.45, 2.75) is 32.9 Å². The van der Waals surface area contributed by atoms with Gasteiger partial charge in [0.1, 0.15) is 8.80 Å². The molecule has 0 saturated heterocycles. The fourth-order valence-electron chi connectivity index (χ4n) is 0.394. The maximum Gasteiger partial charge on any atom is 0.122 e. The first-order valence-electron chi connectivity index (χ1n) is 3.10. The van der Waals surface area contributed by atoms with Gasteiger partial charge in [-0.1, -0.05) is 20.4 Å². The van der Waals surface area contributed by atoms with Crippen molar-refractivity contribution in [3.63, 3.8) is 0 Å². The molecule has 46 valence electrons. The van der Waals surface area contributed by atoms with Crippen LogP contribution in [0.15, 0.2) is 0 Å². The average molecular weight is 126 g/mol. The van der Waals surface area contributed by atoms with Crippen LogP contribution in [0.25, 0.3) is 0 Å². The fraction of sp³-hybridized carbons (Fsp3) is 0.714. The van der Waals surface area contributed by atoms with Crippen LogP contribution < -0.4 is 0 Å². The number of hydrogen-bond donors (Lipinski definition) is 0. The summed E-state index contributed by atoms with van der Waals surface area (Å²) in [6.45, 7) is 8.72. The first-order chi connectivity index (χ1) is 3.68. The van der Waals surface area contributed by atoms with E-state index in [0.717, 1.165) is 5.54 Å². The molecule has 0 saturated carbocycles. The Bertz CT molecular complexity index is 105. The lowest BCUT2D eigenvalue weighted by atomic mass is 10.6. The molecule has 0 nitrogen and oxygen atoms in total. The van der Waals surface area contributed by atoms with Gasteiger partial charge >= 0.3 is 0 Å². The predicted molar refractivity (Wildman–Crippen MR) is 41.6 cm³/mol. The summed E-state index contributed by atoms with van der Waals surface area (Å²) in [4.78, 5) is 0. The third-order valence-corrected chi connectivity index (χ3v) is 4.12. The van der Waals surface area contributed by atoms with E-state index in [0.29, 0.717) is 0 Å². The van der Waals surface area contributed by atoms with Crippen LogP contribution in [0.3, 0.4) is 0 Å². The van der Waals surface area contributed by atoms with Gasteiger partial charge in [-0.05, 0) is 12.5 Å². The van der Waals surface area contributed by atoms with E-state index >= 15 is 0 Å². The van der Waals surface area contributed by atoms with E-state index in [-0.39, 0.29) is 0 Å². The summed E-state index contributed by atoms with van der Waals surface area (Å²) < 4.78 is 0. The van der Waals surface area contributed by atoms with E-state index in [4.69, 9.17) is 0 Å². The van der Waals surface area contributed by atoms with Gasteiger partial charge in [-0.25, -0.2) is 0 Å². The highest BCUT2D eigenvalue weighted by atomic mass is 28.3. The quantitative estimate of drug-likeness (QED) is 0.371. The van der Waals surface area contributed by atoms with Crippen LogP contribution in [-0.2, 0) is 0 Å². The summed E-state index contributed by atoms with van der Waals surface area (Å²) in [5.41, 5.74) is 4.07. The first kappa shape index (κ1) is 7.78. The third-order valence-electron chi connectivity index (χ3n) is 1.37. The van der Waals surface area contributed by atoms with Crippen molar-refractivity contribution >= 4 is 8.80 Å². The maximum absolute atomic E-state index is 3.23. The maximum atomic E-state index is 3.23. The van der Waals surface area contributed by atoms with Gasteiger partial charge in [0.15, 0.2) is 0 Å². The molecule has 0 spiro atoms. The lowest BCUT2D eigenvalue weighted by Crippen LogP contribution is -2.07. The van der Waals surface area contributed by atoms with Gasteiger partial charge in [-0.2, -0.15) is 0 Å². The molecule has 0 rings (SSSR count).